The Balaban J connectivity index is 1.34. The van der Waals surface area contributed by atoms with Gasteiger partial charge in [0.15, 0.2) is 17.5 Å². The van der Waals surface area contributed by atoms with Gasteiger partial charge in [0.2, 0.25) is 0 Å². The maximum atomic E-state index is 5.23. The molecule has 0 aliphatic carbocycles. The van der Waals surface area contributed by atoms with Crippen LogP contribution in [0.3, 0.4) is 0 Å². The summed E-state index contributed by atoms with van der Waals surface area (Å²) in [6.45, 7) is 0. The SMILES string of the molecule is c1ccc(-c2cc(-c3ccccc3)c3sc4c(-c5cccc6ccccc56)ccc(-c5nc(-c6ccccc6)nc(-c6ccccc6)n5)c4c3c2)cc1. The predicted molar refractivity (Wildman–Crippen MR) is 223 cm³/mol. The van der Waals surface area contributed by atoms with Gasteiger partial charge >= 0.3 is 0 Å². The van der Waals surface area contributed by atoms with Gasteiger partial charge < -0.3 is 0 Å². The van der Waals surface area contributed by atoms with E-state index in [9.17, 15) is 0 Å². The van der Waals surface area contributed by atoms with Gasteiger partial charge in [-0.3, -0.25) is 0 Å². The van der Waals surface area contributed by atoms with Gasteiger partial charge in [0.1, 0.15) is 0 Å². The monoisotopic (exact) mass is 693 g/mol. The van der Waals surface area contributed by atoms with E-state index in [1.165, 1.54) is 58.9 Å². The van der Waals surface area contributed by atoms with E-state index in [0.29, 0.717) is 17.5 Å². The molecular formula is C49H31N3S. The minimum Gasteiger partial charge on any atom is -0.208 e. The first-order chi connectivity index (χ1) is 26.3. The molecule has 10 rings (SSSR count). The Kier molecular flexibility index (Phi) is 7.67. The van der Waals surface area contributed by atoms with E-state index in [-0.39, 0.29) is 0 Å². The summed E-state index contributed by atoms with van der Waals surface area (Å²) in [5.41, 5.74) is 10.0. The highest BCUT2D eigenvalue weighted by molar-refractivity contribution is 7.27. The Hall–Kier alpha value is -6.75. The second kappa shape index (κ2) is 13.1. The molecule has 0 bridgehead atoms. The molecule has 0 aliphatic rings. The van der Waals surface area contributed by atoms with E-state index in [0.717, 1.165) is 22.1 Å². The van der Waals surface area contributed by atoms with Crippen molar-refractivity contribution in [3.05, 3.63) is 188 Å². The molecule has 0 spiro atoms. The molecule has 0 N–H and O–H groups in total. The van der Waals surface area contributed by atoms with Crippen molar-refractivity contribution in [1.29, 1.82) is 0 Å². The van der Waals surface area contributed by atoms with Gasteiger partial charge in [-0.15, -0.1) is 11.3 Å². The maximum Gasteiger partial charge on any atom is 0.164 e. The second-order valence-electron chi connectivity index (χ2n) is 13.2. The molecule has 3 nitrogen and oxygen atoms in total. The van der Waals surface area contributed by atoms with E-state index in [1.807, 2.05) is 47.7 Å². The lowest BCUT2D eigenvalue weighted by molar-refractivity contribution is 1.08. The van der Waals surface area contributed by atoms with Crippen LogP contribution in [0.5, 0.6) is 0 Å². The first-order valence-electron chi connectivity index (χ1n) is 17.8. The third-order valence-corrected chi connectivity index (χ3v) is 11.2. The molecule has 248 valence electrons. The van der Waals surface area contributed by atoms with Crippen LogP contribution in [0.15, 0.2) is 188 Å². The van der Waals surface area contributed by atoms with Crippen molar-refractivity contribution in [2.24, 2.45) is 0 Å². The highest BCUT2D eigenvalue weighted by atomic mass is 32.1. The van der Waals surface area contributed by atoms with Crippen molar-refractivity contribution in [3.63, 3.8) is 0 Å². The van der Waals surface area contributed by atoms with Crippen LogP contribution in [0, 0.1) is 0 Å². The van der Waals surface area contributed by atoms with Gasteiger partial charge in [-0.1, -0.05) is 170 Å². The number of fused-ring (bicyclic) bond motifs is 4. The average Bonchev–Trinajstić information content (AvgIpc) is 3.64. The highest BCUT2D eigenvalue weighted by Crippen LogP contribution is 2.49. The fraction of sp³-hybridized carbons (Fsp3) is 0. The summed E-state index contributed by atoms with van der Waals surface area (Å²) in [4.78, 5) is 15.5. The van der Waals surface area contributed by atoms with Crippen molar-refractivity contribution < 1.29 is 0 Å². The number of hydrogen-bond donors (Lipinski definition) is 0. The zero-order valence-electron chi connectivity index (χ0n) is 28.6. The molecule has 0 fully saturated rings. The summed E-state index contributed by atoms with van der Waals surface area (Å²) in [6.07, 6.45) is 0. The van der Waals surface area contributed by atoms with Gasteiger partial charge in [-0.25, -0.2) is 15.0 Å². The summed E-state index contributed by atoms with van der Waals surface area (Å²) in [7, 11) is 0. The lowest BCUT2D eigenvalue weighted by Crippen LogP contribution is -2.00. The molecule has 0 atom stereocenters. The smallest absolute Gasteiger partial charge is 0.164 e. The molecule has 10 aromatic rings. The third-order valence-electron chi connectivity index (χ3n) is 9.93. The highest BCUT2D eigenvalue weighted by Gasteiger charge is 2.22. The van der Waals surface area contributed by atoms with Gasteiger partial charge in [-0.05, 0) is 51.2 Å². The number of hydrogen-bond acceptors (Lipinski definition) is 4. The lowest BCUT2D eigenvalue weighted by Gasteiger charge is -2.13. The van der Waals surface area contributed by atoms with Gasteiger partial charge in [0.05, 0.1) is 0 Å². The molecule has 0 saturated carbocycles. The molecule has 53 heavy (non-hydrogen) atoms. The van der Waals surface area contributed by atoms with Crippen LogP contribution >= 0.6 is 11.3 Å². The lowest BCUT2D eigenvalue weighted by atomic mass is 9.92. The van der Waals surface area contributed by atoms with Crippen molar-refractivity contribution >= 4 is 42.3 Å². The van der Waals surface area contributed by atoms with Crippen LogP contribution < -0.4 is 0 Å². The average molecular weight is 694 g/mol. The topological polar surface area (TPSA) is 38.7 Å². The van der Waals surface area contributed by atoms with E-state index in [4.69, 9.17) is 15.0 Å². The van der Waals surface area contributed by atoms with Crippen molar-refractivity contribution in [2.75, 3.05) is 0 Å². The molecule has 2 heterocycles. The standard InChI is InChI=1S/C49H31N3S/c1-5-16-32(17-6-1)37-30-42(34-18-7-2-8-19-34)45-43(31-37)44-41(29-28-40(46(44)53-45)39-27-15-25-33-20-13-14-26-38(33)39)49-51-47(35-21-9-3-10-22-35)50-48(52-49)36-23-11-4-12-24-36/h1-31H. The van der Waals surface area contributed by atoms with Crippen LogP contribution in [0.2, 0.25) is 0 Å². The van der Waals surface area contributed by atoms with E-state index >= 15 is 0 Å². The fourth-order valence-corrected chi connectivity index (χ4v) is 8.77. The molecule has 0 unspecified atom stereocenters. The summed E-state index contributed by atoms with van der Waals surface area (Å²) in [5.74, 6) is 1.95. The zero-order chi connectivity index (χ0) is 35.1. The van der Waals surface area contributed by atoms with Crippen molar-refractivity contribution in [3.8, 4) is 67.5 Å². The molecule has 0 radical (unpaired) electrons. The first kappa shape index (κ1) is 31.0. The first-order valence-corrected chi connectivity index (χ1v) is 18.6. The maximum absolute atomic E-state index is 5.23. The fourth-order valence-electron chi connectivity index (χ4n) is 7.40. The van der Waals surface area contributed by atoms with E-state index in [2.05, 4.69) is 152 Å². The van der Waals surface area contributed by atoms with Crippen molar-refractivity contribution in [2.45, 2.75) is 0 Å². The summed E-state index contributed by atoms with van der Waals surface area (Å²) in [6, 6.07) is 66.3. The number of thiophene rings is 1. The van der Waals surface area contributed by atoms with Crippen LogP contribution in [0.25, 0.3) is 98.5 Å². The zero-order valence-corrected chi connectivity index (χ0v) is 29.5. The Morgan fingerprint density at radius 3 is 1.49 bits per heavy atom. The molecule has 0 amide bonds. The Morgan fingerprint density at radius 2 is 0.830 bits per heavy atom. The summed E-state index contributed by atoms with van der Waals surface area (Å²) >= 11 is 1.86. The van der Waals surface area contributed by atoms with Crippen molar-refractivity contribution in [1.82, 2.24) is 15.0 Å². The van der Waals surface area contributed by atoms with E-state index in [1.54, 1.807) is 0 Å². The van der Waals surface area contributed by atoms with Crippen LogP contribution in [0.1, 0.15) is 0 Å². The van der Waals surface area contributed by atoms with Crippen LogP contribution in [-0.4, -0.2) is 15.0 Å². The Bertz CT molecular complexity index is 2860. The molecule has 4 heteroatoms. The quantitative estimate of drug-likeness (QED) is 0.174. The van der Waals surface area contributed by atoms with Gasteiger partial charge in [0, 0.05) is 48.0 Å². The third kappa shape index (κ3) is 5.57. The second-order valence-corrected chi connectivity index (χ2v) is 14.2. The Labute approximate surface area is 311 Å². The number of nitrogens with zero attached hydrogens (tertiary/aromatic N) is 3. The minimum atomic E-state index is 0.648. The summed E-state index contributed by atoms with van der Waals surface area (Å²) in [5, 5.41) is 4.78. The Morgan fingerprint density at radius 1 is 0.302 bits per heavy atom. The van der Waals surface area contributed by atoms with E-state index < -0.39 is 0 Å². The van der Waals surface area contributed by atoms with Gasteiger partial charge in [-0.2, -0.15) is 0 Å². The number of aromatic nitrogens is 3. The van der Waals surface area contributed by atoms with Crippen LogP contribution in [-0.2, 0) is 0 Å². The summed E-state index contributed by atoms with van der Waals surface area (Å²) < 4.78 is 2.44. The minimum absolute atomic E-state index is 0.648. The molecule has 2 aromatic heterocycles. The normalized spacial score (nSPS) is 11.4. The largest absolute Gasteiger partial charge is 0.208 e. The molecule has 0 saturated heterocycles. The van der Waals surface area contributed by atoms with Crippen LogP contribution in [0.4, 0.5) is 0 Å². The predicted octanol–water partition coefficient (Wildman–Crippen LogP) is 13.4. The molecular weight excluding hydrogens is 663 g/mol. The molecule has 0 aliphatic heterocycles. The van der Waals surface area contributed by atoms with Gasteiger partial charge in [0.25, 0.3) is 0 Å². The number of rotatable bonds is 6. The molecule has 8 aromatic carbocycles. The number of benzene rings is 8.